The predicted molar refractivity (Wildman–Crippen MR) is 76.8 cm³/mol. The number of nitrogens with one attached hydrogen (secondary N) is 1. The van der Waals surface area contributed by atoms with Gasteiger partial charge in [0.05, 0.1) is 23.6 Å². The molecule has 0 bridgehead atoms. The van der Waals surface area contributed by atoms with E-state index in [0.717, 1.165) is 0 Å². The monoisotopic (exact) mass is 295 g/mol. The smallest absolute Gasteiger partial charge is 0.241 e. The molecule has 0 aliphatic heterocycles. The van der Waals surface area contributed by atoms with Crippen LogP contribution >= 0.6 is 0 Å². The van der Waals surface area contributed by atoms with Gasteiger partial charge in [-0.2, -0.15) is 0 Å². The molecule has 0 atom stereocenters. The molecule has 0 amide bonds. The Hall–Kier alpha value is -1.54. The van der Waals surface area contributed by atoms with Crippen LogP contribution in [0.4, 0.5) is 0 Å². The lowest BCUT2D eigenvalue weighted by molar-refractivity contribution is 0.147. The van der Waals surface area contributed by atoms with Crippen LogP contribution in [0.5, 0.6) is 0 Å². The van der Waals surface area contributed by atoms with Crippen LogP contribution in [0.15, 0.2) is 41.4 Å². The Morgan fingerprint density at radius 3 is 2.85 bits per heavy atom. The third-order valence-electron chi connectivity index (χ3n) is 2.70. The molecule has 6 nitrogen and oxygen atoms in total. The van der Waals surface area contributed by atoms with Crippen molar-refractivity contribution in [3.8, 4) is 0 Å². The van der Waals surface area contributed by atoms with Gasteiger partial charge in [0, 0.05) is 24.7 Å². The second-order valence-corrected chi connectivity index (χ2v) is 5.86. The number of sulfonamides is 1. The maximum Gasteiger partial charge on any atom is 0.241 e. The molecule has 1 aromatic carbocycles. The van der Waals surface area contributed by atoms with Gasteiger partial charge in [0.15, 0.2) is 0 Å². The van der Waals surface area contributed by atoms with Gasteiger partial charge in [0.2, 0.25) is 10.0 Å². The van der Waals surface area contributed by atoms with Crippen molar-refractivity contribution < 1.29 is 13.2 Å². The van der Waals surface area contributed by atoms with Crippen LogP contribution in [0, 0.1) is 0 Å². The lowest BCUT2D eigenvalue weighted by atomic mass is 10.2. The van der Waals surface area contributed by atoms with E-state index in [1.807, 2.05) is 0 Å². The largest absolute Gasteiger partial charge is 0.379 e. The standard InChI is InChI=1S/C13H17N3O3S/c14-6-9-19-10-8-16-20(17,18)13-5-1-4-12-11(13)3-2-7-15-12/h1-5,7,16H,6,8-10,14H2. The highest BCUT2D eigenvalue weighted by atomic mass is 32.2. The first-order valence-corrected chi connectivity index (χ1v) is 7.75. The van der Waals surface area contributed by atoms with Crippen molar-refractivity contribution in [2.75, 3.05) is 26.3 Å². The van der Waals surface area contributed by atoms with Gasteiger partial charge in [-0.15, -0.1) is 0 Å². The van der Waals surface area contributed by atoms with Crippen LogP contribution in [-0.2, 0) is 14.8 Å². The van der Waals surface area contributed by atoms with Crippen molar-refractivity contribution in [1.29, 1.82) is 0 Å². The van der Waals surface area contributed by atoms with Gasteiger partial charge in [-0.1, -0.05) is 6.07 Å². The number of rotatable bonds is 7. The molecule has 0 spiro atoms. The van der Waals surface area contributed by atoms with E-state index in [4.69, 9.17) is 10.5 Å². The molecule has 0 unspecified atom stereocenters. The first-order valence-electron chi connectivity index (χ1n) is 6.26. The van der Waals surface area contributed by atoms with Gasteiger partial charge in [0.1, 0.15) is 0 Å². The summed E-state index contributed by atoms with van der Waals surface area (Å²) in [6, 6.07) is 8.47. The number of nitrogens with zero attached hydrogens (tertiary/aromatic N) is 1. The van der Waals surface area contributed by atoms with Crippen molar-refractivity contribution in [1.82, 2.24) is 9.71 Å². The quantitative estimate of drug-likeness (QED) is 0.725. The maximum atomic E-state index is 12.3. The molecule has 0 aliphatic rings. The zero-order chi connectivity index (χ0) is 14.4. The molecule has 2 aromatic rings. The number of nitrogens with two attached hydrogens (primary N) is 1. The Labute approximate surface area is 118 Å². The van der Waals surface area contributed by atoms with Crippen molar-refractivity contribution in [2.24, 2.45) is 5.73 Å². The molecule has 3 N–H and O–H groups in total. The molecular weight excluding hydrogens is 278 g/mol. The topological polar surface area (TPSA) is 94.3 Å². The van der Waals surface area contributed by atoms with Gasteiger partial charge in [-0.25, -0.2) is 13.1 Å². The molecule has 108 valence electrons. The zero-order valence-corrected chi connectivity index (χ0v) is 11.8. The minimum atomic E-state index is -3.58. The number of pyridine rings is 1. The Morgan fingerprint density at radius 1 is 1.20 bits per heavy atom. The maximum absolute atomic E-state index is 12.3. The lowest BCUT2D eigenvalue weighted by Crippen LogP contribution is -2.28. The van der Waals surface area contributed by atoms with E-state index in [2.05, 4.69) is 9.71 Å². The van der Waals surface area contributed by atoms with Crippen LogP contribution in [0.1, 0.15) is 0 Å². The fraction of sp³-hybridized carbons (Fsp3) is 0.308. The highest BCUT2D eigenvalue weighted by Gasteiger charge is 2.16. The van der Waals surface area contributed by atoms with E-state index >= 15 is 0 Å². The summed E-state index contributed by atoms with van der Waals surface area (Å²) in [5.41, 5.74) is 5.93. The summed E-state index contributed by atoms with van der Waals surface area (Å²) in [4.78, 5) is 4.37. The highest BCUT2D eigenvalue weighted by Crippen LogP contribution is 2.20. The predicted octanol–water partition coefficient (Wildman–Crippen LogP) is 0.488. The average Bonchev–Trinajstić information content (AvgIpc) is 2.46. The Kier molecular flexibility index (Phi) is 5.02. The first kappa shape index (κ1) is 14.9. The van der Waals surface area contributed by atoms with E-state index in [0.29, 0.717) is 30.7 Å². The van der Waals surface area contributed by atoms with E-state index < -0.39 is 10.0 Å². The summed E-state index contributed by atoms with van der Waals surface area (Å²) in [7, 11) is -3.58. The van der Waals surface area contributed by atoms with Gasteiger partial charge in [-0.3, -0.25) is 4.98 Å². The van der Waals surface area contributed by atoms with Crippen LogP contribution in [0.3, 0.4) is 0 Å². The summed E-state index contributed by atoms with van der Waals surface area (Å²) in [6.45, 7) is 1.33. The van der Waals surface area contributed by atoms with Crippen LogP contribution < -0.4 is 10.5 Å². The molecule has 0 radical (unpaired) electrons. The Morgan fingerprint density at radius 2 is 2.05 bits per heavy atom. The molecule has 0 saturated heterocycles. The number of hydrogen-bond donors (Lipinski definition) is 2. The van der Waals surface area contributed by atoms with E-state index in [9.17, 15) is 8.42 Å². The van der Waals surface area contributed by atoms with Crippen LogP contribution in [-0.4, -0.2) is 39.7 Å². The molecule has 0 fully saturated rings. The summed E-state index contributed by atoms with van der Waals surface area (Å²) >= 11 is 0. The van der Waals surface area contributed by atoms with Crippen molar-refractivity contribution in [2.45, 2.75) is 4.90 Å². The normalized spacial score (nSPS) is 11.8. The Balaban J connectivity index is 2.15. The summed E-state index contributed by atoms with van der Waals surface area (Å²) < 4.78 is 32.2. The molecule has 0 aliphatic carbocycles. The van der Waals surface area contributed by atoms with Crippen molar-refractivity contribution >= 4 is 20.9 Å². The summed E-state index contributed by atoms with van der Waals surface area (Å²) in [6.07, 6.45) is 1.63. The lowest BCUT2D eigenvalue weighted by Gasteiger charge is -2.09. The molecule has 7 heteroatoms. The second kappa shape index (κ2) is 6.76. The highest BCUT2D eigenvalue weighted by molar-refractivity contribution is 7.89. The van der Waals surface area contributed by atoms with Crippen LogP contribution in [0.2, 0.25) is 0 Å². The van der Waals surface area contributed by atoms with Crippen molar-refractivity contribution in [3.63, 3.8) is 0 Å². The minimum Gasteiger partial charge on any atom is -0.379 e. The summed E-state index contributed by atoms with van der Waals surface area (Å²) in [5, 5.41) is 0.602. The number of ether oxygens (including phenoxy) is 1. The SMILES string of the molecule is NCCOCCNS(=O)(=O)c1cccc2ncccc12. The van der Waals surface area contributed by atoms with E-state index in [1.54, 1.807) is 36.5 Å². The third-order valence-corrected chi connectivity index (χ3v) is 4.22. The van der Waals surface area contributed by atoms with Gasteiger partial charge in [-0.05, 0) is 24.3 Å². The molecule has 1 heterocycles. The summed E-state index contributed by atoms with van der Waals surface area (Å²) in [5.74, 6) is 0. The average molecular weight is 295 g/mol. The second-order valence-electron chi connectivity index (χ2n) is 4.13. The number of aromatic nitrogens is 1. The molecule has 2 rings (SSSR count). The molecule has 1 aromatic heterocycles. The number of fused-ring (bicyclic) bond motifs is 1. The minimum absolute atomic E-state index is 0.207. The Bertz CT molecular complexity index is 668. The fourth-order valence-corrected chi connectivity index (χ4v) is 3.05. The molecule has 0 saturated carbocycles. The van der Waals surface area contributed by atoms with Gasteiger partial charge in [0.25, 0.3) is 0 Å². The van der Waals surface area contributed by atoms with Gasteiger partial charge < -0.3 is 10.5 Å². The third kappa shape index (κ3) is 3.51. The number of benzene rings is 1. The molecular formula is C13H17N3O3S. The van der Waals surface area contributed by atoms with Gasteiger partial charge >= 0.3 is 0 Å². The zero-order valence-electron chi connectivity index (χ0n) is 11.0. The number of hydrogen-bond acceptors (Lipinski definition) is 5. The molecule has 20 heavy (non-hydrogen) atoms. The van der Waals surface area contributed by atoms with Crippen molar-refractivity contribution in [3.05, 3.63) is 36.5 Å². The van der Waals surface area contributed by atoms with Crippen LogP contribution in [0.25, 0.3) is 10.9 Å². The fourth-order valence-electron chi connectivity index (χ4n) is 1.82. The van der Waals surface area contributed by atoms with E-state index in [-0.39, 0.29) is 11.4 Å². The van der Waals surface area contributed by atoms with E-state index in [1.165, 1.54) is 0 Å². The first-order chi connectivity index (χ1) is 9.65.